The van der Waals surface area contributed by atoms with Crippen LogP contribution in [0.15, 0.2) is 23.1 Å². The maximum absolute atomic E-state index is 13.2. The van der Waals surface area contributed by atoms with Crippen molar-refractivity contribution >= 4 is 21.6 Å². The molecular formula is C12H16FN3O3S. The van der Waals surface area contributed by atoms with Gasteiger partial charge in [0.2, 0.25) is 15.9 Å². The Morgan fingerprint density at radius 3 is 2.65 bits per heavy atom. The molecule has 0 heterocycles. The SMILES string of the molecule is CN(CC(=O)NC1CC1)S(=O)(=O)c1cc(N)cc(F)c1. The molecule has 0 bridgehead atoms. The van der Waals surface area contributed by atoms with Gasteiger partial charge in [-0.05, 0) is 31.0 Å². The molecule has 3 N–H and O–H groups in total. The van der Waals surface area contributed by atoms with E-state index < -0.39 is 15.8 Å². The van der Waals surface area contributed by atoms with Gasteiger partial charge in [-0.25, -0.2) is 12.8 Å². The molecule has 1 saturated carbocycles. The van der Waals surface area contributed by atoms with E-state index in [-0.39, 0.29) is 29.1 Å². The van der Waals surface area contributed by atoms with Crippen molar-refractivity contribution in [1.82, 2.24) is 9.62 Å². The highest BCUT2D eigenvalue weighted by Gasteiger charge is 2.27. The van der Waals surface area contributed by atoms with Crippen molar-refractivity contribution in [2.45, 2.75) is 23.8 Å². The van der Waals surface area contributed by atoms with Crippen LogP contribution in [0.2, 0.25) is 0 Å². The molecule has 1 fully saturated rings. The summed E-state index contributed by atoms with van der Waals surface area (Å²) >= 11 is 0. The molecule has 0 unspecified atom stereocenters. The Kier molecular flexibility index (Phi) is 3.96. The molecule has 20 heavy (non-hydrogen) atoms. The predicted octanol–water partition coefficient (Wildman–Crippen LogP) is 0.307. The van der Waals surface area contributed by atoms with E-state index in [1.54, 1.807) is 0 Å². The van der Waals surface area contributed by atoms with Gasteiger partial charge >= 0.3 is 0 Å². The van der Waals surface area contributed by atoms with E-state index in [2.05, 4.69) is 5.32 Å². The number of benzene rings is 1. The van der Waals surface area contributed by atoms with Crippen LogP contribution in [0.1, 0.15) is 12.8 Å². The first-order chi connectivity index (χ1) is 9.29. The van der Waals surface area contributed by atoms with E-state index in [4.69, 9.17) is 5.73 Å². The van der Waals surface area contributed by atoms with Gasteiger partial charge in [-0.2, -0.15) is 4.31 Å². The number of likely N-dealkylation sites (N-methyl/N-ethyl adjacent to an activating group) is 1. The van der Waals surface area contributed by atoms with E-state index in [0.717, 1.165) is 35.3 Å². The van der Waals surface area contributed by atoms with E-state index in [1.165, 1.54) is 7.05 Å². The van der Waals surface area contributed by atoms with Gasteiger partial charge in [0.1, 0.15) is 5.82 Å². The van der Waals surface area contributed by atoms with Crippen molar-refractivity contribution in [2.75, 3.05) is 19.3 Å². The molecule has 6 nitrogen and oxygen atoms in total. The Labute approximate surface area is 116 Å². The van der Waals surface area contributed by atoms with Crippen LogP contribution in [0.4, 0.5) is 10.1 Å². The number of carbonyl (C=O) groups is 1. The molecule has 0 saturated heterocycles. The van der Waals surface area contributed by atoms with E-state index in [0.29, 0.717) is 0 Å². The first-order valence-corrected chi connectivity index (χ1v) is 7.55. The normalized spacial score (nSPS) is 15.3. The van der Waals surface area contributed by atoms with Gasteiger partial charge in [-0.1, -0.05) is 0 Å². The molecule has 1 aliphatic carbocycles. The van der Waals surface area contributed by atoms with Crippen molar-refractivity contribution in [1.29, 1.82) is 0 Å². The van der Waals surface area contributed by atoms with Crippen LogP contribution < -0.4 is 11.1 Å². The van der Waals surface area contributed by atoms with Crippen molar-refractivity contribution in [2.24, 2.45) is 0 Å². The Morgan fingerprint density at radius 1 is 1.45 bits per heavy atom. The highest BCUT2D eigenvalue weighted by Crippen LogP contribution is 2.20. The smallest absolute Gasteiger partial charge is 0.243 e. The monoisotopic (exact) mass is 301 g/mol. The zero-order valence-electron chi connectivity index (χ0n) is 11.0. The first-order valence-electron chi connectivity index (χ1n) is 6.11. The summed E-state index contributed by atoms with van der Waals surface area (Å²) in [6, 6.07) is 3.22. The molecule has 0 radical (unpaired) electrons. The molecule has 2 rings (SSSR count). The van der Waals surface area contributed by atoms with Crippen LogP contribution >= 0.6 is 0 Å². The zero-order chi connectivity index (χ0) is 14.9. The summed E-state index contributed by atoms with van der Waals surface area (Å²) in [5.74, 6) is -1.11. The van der Waals surface area contributed by atoms with Crippen LogP contribution in [0, 0.1) is 5.82 Å². The third-order valence-corrected chi connectivity index (χ3v) is 4.69. The van der Waals surface area contributed by atoms with E-state index in [1.807, 2.05) is 0 Å². The van der Waals surface area contributed by atoms with Crippen molar-refractivity contribution in [3.05, 3.63) is 24.0 Å². The Morgan fingerprint density at radius 2 is 2.10 bits per heavy atom. The summed E-state index contributed by atoms with van der Waals surface area (Å²) in [5, 5.41) is 2.69. The van der Waals surface area contributed by atoms with E-state index in [9.17, 15) is 17.6 Å². The molecule has 1 aliphatic rings. The van der Waals surface area contributed by atoms with Gasteiger partial charge in [0.25, 0.3) is 0 Å². The number of nitrogens with one attached hydrogen (secondary N) is 1. The molecule has 1 amide bonds. The average Bonchev–Trinajstić information content (AvgIpc) is 3.11. The van der Waals surface area contributed by atoms with Gasteiger partial charge in [0.05, 0.1) is 11.4 Å². The lowest BCUT2D eigenvalue weighted by molar-refractivity contribution is -0.121. The van der Waals surface area contributed by atoms with Crippen molar-refractivity contribution in [3.63, 3.8) is 0 Å². The fourth-order valence-corrected chi connectivity index (χ4v) is 2.90. The Bertz CT molecular complexity index is 609. The number of nitrogen functional groups attached to an aromatic ring is 1. The zero-order valence-corrected chi connectivity index (χ0v) is 11.8. The minimum Gasteiger partial charge on any atom is -0.399 e. The minimum atomic E-state index is -3.94. The first kappa shape index (κ1) is 14.7. The molecule has 1 aromatic rings. The van der Waals surface area contributed by atoms with Crippen molar-refractivity contribution in [3.8, 4) is 0 Å². The summed E-state index contributed by atoms with van der Waals surface area (Å²) in [4.78, 5) is 11.3. The molecule has 1 aromatic carbocycles. The lowest BCUT2D eigenvalue weighted by Gasteiger charge is -2.17. The lowest BCUT2D eigenvalue weighted by atomic mass is 10.3. The Balaban J connectivity index is 2.13. The largest absolute Gasteiger partial charge is 0.399 e. The summed E-state index contributed by atoms with van der Waals surface area (Å²) in [7, 11) is -2.68. The fraction of sp³-hybridized carbons (Fsp3) is 0.417. The quantitative estimate of drug-likeness (QED) is 0.765. The van der Waals surface area contributed by atoms with Crippen LogP contribution in [-0.2, 0) is 14.8 Å². The van der Waals surface area contributed by atoms with Crippen LogP contribution in [0.25, 0.3) is 0 Å². The number of nitrogens with zero attached hydrogens (tertiary/aromatic N) is 1. The van der Waals surface area contributed by atoms with Gasteiger partial charge in [0, 0.05) is 18.8 Å². The molecule has 0 aromatic heterocycles. The number of rotatable bonds is 5. The number of halogens is 1. The number of nitrogens with two attached hydrogens (primary N) is 1. The number of carbonyl (C=O) groups excluding carboxylic acids is 1. The van der Waals surface area contributed by atoms with Crippen LogP contribution in [0.3, 0.4) is 0 Å². The van der Waals surface area contributed by atoms with Crippen LogP contribution in [0.5, 0.6) is 0 Å². The summed E-state index contributed by atoms with van der Waals surface area (Å²) in [6.45, 7) is -0.310. The van der Waals surface area contributed by atoms with Gasteiger partial charge < -0.3 is 11.1 Å². The van der Waals surface area contributed by atoms with Gasteiger partial charge in [0.15, 0.2) is 0 Å². The minimum absolute atomic E-state index is 0.0133. The van der Waals surface area contributed by atoms with Gasteiger partial charge in [-0.3, -0.25) is 4.79 Å². The second-order valence-corrected chi connectivity index (χ2v) is 6.87. The molecule has 8 heteroatoms. The predicted molar refractivity (Wildman–Crippen MR) is 71.8 cm³/mol. The maximum Gasteiger partial charge on any atom is 0.243 e. The second-order valence-electron chi connectivity index (χ2n) is 4.82. The summed E-state index contributed by atoms with van der Waals surface area (Å²) < 4.78 is 38.5. The third-order valence-electron chi connectivity index (χ3n) is 2.91. The standard InChI is InChI=1S/C12H16FN3O3S/c1-16(7-12(17)15-10-2-3-10)20(18,19)11-5-8(13)4-9(14)6-11/h4-6,10H,2-3,7,14H2,1H3,(H,15,17). The topological polar surface area (TPSA) is 92.5 Å². The molecule has 0 spiro atoms. The fourth-order valence-electron chi connectivity index (χ4n) is 1.70. The average molecular weight is 301 g/mol. The number of anilines is 1. The van der Waals surface area contributed by atoms with E-state index >= 15 is 0 Å². The number of amides is 1. The molecule has 0 atom stereocenters. The Hall–Kier alpha value is -1.67. The number of sulfonamides is 1. The third kappa shape index (κ3) is 3.45. The lowest BCUT2D eigenvalue weighted by Crippen LogP contribution is -2.39. The molecule has 110 valence electrons. The second kappa shape index (κ2) is 5.37. The highest BCUT2D eigenvalue weighted by molar-refractivity contribution is 7.89. The highest BCUT2D eigenvalue weighted by atomic mass is 32.2. The maximum atomic E-state index is 13.2. The molecule has 0 aliphatic heterocycles. The molecular weight excluding hydrogens is 285 g/mol. The summed E-state index contributed by atoms with van der Waals surface area (Å²) in [6.07, 6.45) is 1.84. The number of hydrogen-bond donors (Lipinski definition) is 2. The van der Waals surface area contributed by atoms with Gasteiger partial charge in [-0.15, -0.1) is 0 Å². The number of hydrogen-bond acceptors (Lipinski definition) is 4. The summed E-state index contributed by atoms with van der Waals surface area (Å²) in [5.41, 5.74) is 5.44. The van der Waals surface area contributed by atoms with Crippen LogP contribution in [-0.4, -0.2) is 38.3 Å². The van der Waals surface area contributed by atoms with Crippen molar-refractivity contribution < 1.29 is 17.6 Å².